The van der Waals surface area contributed by atoms with Crippen molar-refractivity contribution in [1.29, 1.82) is 0 Å². The molecule has 0 bridgehead atoms. The minimum atomic E-state index is -0.698. The van der Waals surface area contributed by atoms with Crippen LogP contribution >= 0.6 is 0 Å². The van der Waals surface area contributed by atoms with Crippen molar-refractivity contribution in [3.63, 3.8) is 0 Å². The number of pyridine rings is 1. The number of benzene rings is 1. The quantitative estimate of drug-likeness (QED) is 0.800. The van der Waals surface area contributed by atoms with Crippen LogP contribution in [-0.4, -0.2) is 16.0 Å². The van der Waals surface area contributed by atoms with Crippen molar-refractivity contribution in [2.75, 3.05) is 5.32 Å². The lowest BCUT2D eigenvalue weighted by Crippen LogP contribution is -2.14. The maximum atomic E-state index is 13.4. The molecule has 2 rings (SSSR count). The van der Waals surface area contributed by atoms with Crippen LogP contribution in [0.4, 0.5) is 10.1 Å². The van der Waals surface area contributed by atoms with Crippen LogP contribution in [-0.2, 0) is 0 Å². The number of rotatable bonds is 2. The Balaban J connectivity index is 2.21. The smallest absolute Gasteiger partial charge is 0.274 e. The highest BCUT2D eigenvalue weighted by Gasteiger charge is 2.10. The number of hydrogen-bond donors (Lipinski definition) is 2. The number of aromatic hydroxyl groups is 1. The van der Waals surface area contributed by atoms with E-state index in [1.54, 1.807) is 25.1 Å². The second-order valence-corrected chi connectivity index (χ2v) is 3.78. The van der Waals surface area contributed by atoms with Gasteiger partial charge in [-0.3, -0.25) is 4.79 Å². The fraction of sp³-hybridized carbons (Fsp3) is 0.0769. The van der Waals surface area contributed by atoms with Crippen LogP contribution in [0.15, 0.2) is 36.4 Å². The molecule has 0 saturated carbocycles. The molecule has 0 atom stereocenters. The van der Waals surface area contributed by atoms with Crippen molar-refractivity contribution in [2.24, 2.45) is 0 Å². The normalized spacial score (nSPS) is 10.1. The van der Waals surface area contributed by atoms with E-state index in [9.17, 15) is 9.18 Å². The Kier molecular flexibility index (Phi) is 3.23. The number of aryl methyl sites for hydroxylation is 1. The second-order valence-electron chi connectivity index (χ2n) is 3.78. The summed E-state index contributed by atoms with van der Waals surface area (Å²) in [7, 11) is 0. The third kappa shape index (κ3) is 2.63. The van der Waals surface area contributed by atoms with Gasteiger partial charge in [-0.2, -0.15) is 0 Å². The number of phenolic OH excluding ortho intramolecular Hbond substituents is 1. The second kappa shape index (κ2) is 4.83. The summed E-state index contributed by atoms with van der Waals surface area (Å²) in [5.41, 5.74) is 0.914. The lowest BCUT2D eigenvalue weighted by molar-refractivity contribution is 0.102. The third-order valence-corrected chi connectivity index (χ3v) is 2.32. The lowest BCUT2D eigenvalue weighted by atomic mass is 10.2. The number of halogens is 1. The van der Waals surface area contributed by atoms with E-state index < -0.39 is 11.7 Å². The Hall–Kier alpha value is -2.43. The van der Waals surface area contributed by atoms with Crippen molar-refractivity contribution in [1.82, 2.24) is 4.98 Å². The Morgan fingerprint density at radius 2 is 2.11 bits per heavy atom. The topological polar surface area (TPSA) is 62.2 Å². The van der Waals surface area contributed by atoms with E-state index in [2.05, 4.69) is 10.3 Å². The molecule has 2 aromatic rings. The zero-order valence-corrected chi connectivity index (χ0v) is 9.64. The number of hydrogen-bond acceptors (Lipinski definition) is 3. The molecule has 0 aliphatic carbocycles. The zero-order valence-electron chi connectivity index (χ0n) is 9.64. The van der Waals surface area contributed by atoms with E-state index in [1.165, 1.54) is 12.1 Å². The molecule has 1 aromatic heterocycles. The molecular weight excluding hydrogens is 235 g/mol. The Labute approximate surface area is 103 Å². The van der Waals surface area contributed by atoms with Gasteiger partial charge in [-0.15, -0.1) is 0 Å². The molecule has 0 saturated heterocycles. The highest BCUT2D eigenvalue weighted by molar-refractivity contribution is 6.02. The van der Waals surface area contributed by atoms with Crippen molar-refractivity contribution < 1.29 is 14.3 Å². The van der Waals surface area contributed by atoms with Gasteiger partial charge >= 0.3 is 0 Å². The maximum Gasteiger partial charge on any atom is 0.274 e. The summed E-state index contributed by atoms with van der Waals surface area (Å²) in [5.74, 6) is -1.39. The molecule has 18 heavy (non-hydrogen) atoms. The first-order valence-corrected chi connectivity index (χ1v) is 5.30. The molecule has 0 radical (unpaired) electrons. The Morgan fingerprint density at radius 3 is 2.78 bits per heavy atom. The van der Waals surface area contributed by atoms with Crippen LogP contribution in [0.3, 0.4) is 0 Å². The van der Waals surface area contributed by atoms with E-state index in [4.69, 9.17) is 5.11 Å². The number of nitrogens with one attached hydrogen (secondary N) is 1. The lowest BCUT2D eigenvalue weighted by Gasteiger charge is -2.06. The highest BCUT2D eigenvalue weighted by Crippen LogP contribution is 2.19. The molecule has 1 heterocycles. The average molecular weight is 246 g/mol. The van der Waals surface area contributed by atoms with Gasteiger partial charge in [-0.1, -0.05) is 6.07 Å². The standard InChI is InChI=1S/C13H11FN2O2/c1-8-3-2-4-12(15-8)13(18)16-11-6-5-9(17)7-10(11)14/h2-7,17H,1H3,(H,16,18). The minimum Gasteiger partial charge on any atom is -0.508 e. The van der Waals surface area contributed by atoms with Crippen LogP contribution in [0.2, 0.25) is 0 Å². The van der Waals surface area contributed by atoms with Crippen molar-refractivity contribution in [3.8, 4) is 5.75 Å². The molecule has 1 aromatic carbocycles. The monoisotopic (exact) mass is 246 g/mol. The van der Waals surface area contributed by atoms with Crippen LogP contribution in [0.1, 0.15) is 16.2 Å². The van der Waals surface area contributed by atoms with Crippen LogP contribution in [0, 0.1) is 12.7 Å². The summed E-state index contributed by atoms with van der Waals surface area (Å²) in [6, 6.07) is 8.52. The number of aromatic nitrogens is 1. The maximum absolute atomic E-state index is 13.4. The molecule has 0 spiro atoms. The van der Waals surface area contributed by atoms with E-state index in [-0.39, 0.29) is 17.1 Å². The van der Waals surface area contributed by atoms with Gasteiger partial charge in [-0.25, -0.2) is 9.37 Å². The van der Waals surface area contributed by atoms with Crippen LogP contribution < -0.4 is 5.32 Å². The minimum absolute atomic E-state index is 0.00102. The van der Waals surface area contributed by atoms with Gasteiger partial charge in [-0.05, 0) is 31.2 Å². The summed E-state index contributed by atoms with van der Waals surface area (Å²) < 4.78 is 13.4. The number of nitrogens with zero attached hydrogens (tertiary/aromatic N) is 1. The van der Waals surface area contributed by atoms with Crippen molar-refractivity contribution in [3.05, 3.63) is 53.6 Å². The zero-order chi connectivity index (χ0) is 13.1. The summed E-state index contributed by atoms with van der Waals surface area (Å²) in [5, 5.41) is 11.5. The largest absolute Gasteiger partial charge is 0.508 e. The number of carbonyl (C=O) groups is 1. The molecule has 92 valence electrons. The molecule has 0 aliphatic heterocycles. The Bertz CT molecular complexity index is 599. The van der Waals surface area contributed by atoms with Crippen molar-refractivity contribution >= 4 is 11.6 Å². The fourth-order valence-corrected chi connectivity index (χ4v) is 1.46. The van der Waals surface area contributed by atoms with Gasteiger partial charge in [0.05, 0.1) is 5.69 Å². The first-order chi connectivity index (χ1) is 8.56. The van der Waals surface area contributed by atoms with Gasteiger partial charge in [0, 0.05) is 11.8 Å². The van der Waals surface area contributed by atoms with Gasteiger partial charge in [0.1, 0.15) is 17.3 Å². The number of phenols is 1. The van der Waals surface area contributed by atoms with Crippen LogP contribution in [0.5, 0.6) is 5.75 Å². The summed E-state index contributed by atoms with van der Waals surface area (Å²) in [6.45, 7) is 1.76. The van der Waals surface area contributed by atoms with Gasteiger partial charge in [0.2, 0.25) is 0 Å². The highest BCUT2D eigenvalue weighted by atomic mass is 19.1. The van der Waals surface area contributed by atoms with Gasteiger partial charge in [0.25, 0.3) is 5.91 Å². The molecule has 0 aliphatic rings. The number of amides is 1. The molecule has 4 nitrogen and oxygen atoms in total. The molecule has 0 fully saturated rings. The predicted octanol–water partition coefficient (Wildman–Crippen LogP) is 2.49. The molecule has 0 unspecified atom stereocenters. The third-order valence-electron chi connectivity index (χ3n) is 2.32. The Morgan fingerprint density at radius 1 is 1.33 bits per heavy atom. The van der Waals surface area contributed by atoms with E-state index >= 15 is 0 Å². The number of carbonyl (C=O) groups excluding carboxylic acids is 1. The summed E-state index contributed by atoms with van der Waals surface area (Å²) in [6.07, 6.45) is 0. The van der Waals surface area contributed by atoms with Gasteiger partial charge < -0.3 is 10.4 Å². The van der Waals surface area contributed by atoms with E-state index in [1.807, 2.05) is 0 Å². The molecule has 5 heteroatoms. The first kappa shape index (κ1) is 12.0. The fourth-order valence-electron chi connectivity index (χ4n) is 1.46. The predicted molar refractivity (Wildman–Crippen MR) is 65.0 cm³/mol. The first-order valence-electron chi connectivity index (χ1n) is 5.30. The van der Waals surface area contributed by atoms with Gasteiger partial charge in [0.15, 0.2) is 0 Å². The average Bonchev–Trinajstić information content (AvgIpc) is 2.32. The van der Waals surface area contributed by atoms with Crippen molar-refractivity contribution in [2.45, 2.75) is 6.92 Å². The van der Waals surface area contributed by atoms with Crippen LogP contribution in [0.25, 0.3) is 0 Å². The summed E-state index contributed by atoms with van der Waals surface area (Å²) in [4.78, 5) is 15.8. The molecular formula is C13H11FN2O2. The summed E-state index contributed by atoms with van der Waals surface area (Å²) >= 11 is 0. The van der Waals surface area contributed by atoms with E-state index in [0.29, 0.717) is 5.69 Å². The number of anilines is 1. The molecule has 2 N–H and O–H groups in total. The molecule has 1 amide bonds. The SMILES string of the molecule is Cc1cccc(C(=O)Nc2ccc(O)cc2F)n1. The van der Waals surface area contributed by atoms with E-state index in [0.717, 1.165) is 6.07 Å².